The Morgan fingerprint density at radius 2 is 1.76 bits per heavy atom. The Kier molecular flexibility index (Phi) is 3.91. The van der Waals surface area contributed by atoms with E-state index in [1.807, 2.05) is 53.0 Å². The van der Waals surface area contributed by atoms with Crippen molar-refractivity contribution in [2.24, 2.45) is 7.05 Å². The minimum Gasteiger partial charge on any atom is -0.384 e. The van der Waals surface area contributed by atoms with Gasteiger partial charge in [-0.25, -0.2) is 9.50 Å². The number of anilines is 1. The molecule has 0 saturated heterocycles. The molecule has 0 atom stereocenters. The summed E-state index contributed by atoms with van der Waals surface area (Å²) in [4.78, 5) is 17.1. The highest BCUT2D eigenvalue weighted by Gasteiger charge is 2.13. The molecule has 0 saturated carbocycles. The van der Waals surface area contributed by atoms with Gasteiger partial charge in [-0.15, -0.1) is 0 Å². The first-order valence-corrected chi connectivity index (χ1v) is 9.37. The Morgan fingerprint density at radius 3 is 2.52 bits per heavy atom. The van der Waals surface area contributed by atoms with Crippen molar-refractivity contribution in [1.82, 2.24) is 19.2 Å². The second-order valence-electron chi connectivity index (χ2n) is 7.14. The zero-order valence-electron chi connectivity index (χ0n) is 15.9. The van der Waals surface area contributed by atoms with Crippen molar-refractivity contribution in [3.8, 4) is 11.1 Å². The van der Waals surface area contributed by atoms with Crippen molar-refractivity contribution in [3.05, 3.63) is 94.5 Å². The summed E-state index contributed by atoms with van der Waals surface area (Å²) in [5.41, 5.74) is 11.2. The van der Waals surface area contributed by atoms with Gasteiger partial charge in [0, 0.05) is 31.3 Å². The largest absolute Gasteiger partial charge is 0.384 e. The van der Waals surface area contributed by atoms with Crippen molar-refractivity contribution in [1.29, 1.82) is 0 Å². The Hall–Kier alpha value is -3.93. The normalized spacial score (nSPS) is 11.3. The van der Waals surface area contributed by atoms with E-state index in [4.69, 9.17) is 10.8 Å². The van der Waals surface area contributed by atoms with E-state index in [9.17, 15) is 4.79 Å². The van der Waals surface area contributed by atoms with Gasteiger partial charge in [0.25, 0.3) is 5.56 Å². The molecule has 6 heteroatoms. The standard InChI is InChI=1S/C23H19N5O/c1-27-22-13-18(11-15-5-3-2-4-6-15)26-28(22)20-12-16(7-9-19(20)23(27)29)17-8-10-21(24)25-14-17/h2-10,12-14H,11H2,1H3,(H2,24,25). The summed E-state index contributed by atoms with van der Waals surface area (Å²) < 4.78 is 3.50. The summed E-state index contributed by atoms with van der Waals surface area (Å²) in [6, 6.07) is 21.6. The minimum absolute atomic E-state index is 0.0411. The number of fused-ring (bicyclic) bond motifs is 3. The van der Waals surface area contributed by atoms with E-state index in [1.54, 1.807) is 23.9 Å². The molecule has 0 bridgehead atoms. The maximum absolute atomic E-state index is 12.9. The van der Waals surface area contributed by atoms with Crippen LogP contribution in [0, 0.1) is 0 Å². The lowest BCUT2D eigenvalue weighted by Gasteiger charge is -2.08. The molecule has 2 aromatic carbocycles. The molecule has 0 amide bonds. The maximum atomic E-state index is 12.9. The van der Waals surface area contributed by atoms with Crippen LogP contribution in [0.15, 0.2) is 77.7 Å². The van der Waals surface area contributed by atoms with Gasteiger partial charge in [0.15, 0.2) is 0 Å². The smallest absolute Gasteiger partial charge is 0.261 e. The van der Waals surface area contributed by atoms with Crippen LogP contribution in [-0.4, -0.2) is 19.2 Å². The van der Waals surface area contributed by atoms with Crippen LogP contribution < -0.4 is 11.3 Å². The highest BCUT2D eigenvalue weighted by atomic mass is 16.1. The maximum Gasteiger partial charge on any atom is 0.261 e. The van der Waals surface area contributed by atoms with Gasteiger partial charge < -0.3 is 5.73 Å². The molecule has 3 heterocycles. The van der Waals surface area contributed by atoms with Crippen LogP contribution in [0.5, 0.6) is 0 Å². The molecule has 0 unspecified atom stereocenters. The fraction of sp³-hybridized carbons (Fsp3) is 0.0870. The Balaban J connectivity index is 1.71. The van der Waals surface area contributed by atoms with Crippen LogP contribution in [0.1, 0.15) is 11.3 Å². The molecule has 2 N–H and O–H groups in total. The third-order valence-corrected chi connectivity index (χ3v) is 5.19. The lowest BCUT2D eigenvalue weighted by Crippen LogP contribution is -2.19. The van der Waals surface area contributed by atoms with Gasteiger partial charge in [-0.1, -0.05) is 36.4 Å². The van der Waals surface area contributed by atoms with Crippen LogP contribution in [0.3, 0.4) is 0 Å². The van der Waals surface area contributed by atoms with Gasteiger partial charge in [0.1, 0.15) is 11.5 Å². The lowest BCUT2D eigenvalue weighted by molar-refractivity contribution is 0.842. The van der Waals surface area contributed by atoms with E-state index >= 15 is 0 Å². The Labute approximate surface area is 166 Å². The summed E-state index contributed by atoms with van der Waals surface area (Å²) in [6.45, 7) is 0. The number of hydrogen-bond acceptors (Lipinski definition) is 4. The molecule has 0 aliphatic carbocycles. The molecular weight excluding hydrogens is 362 g/mol. The monoisotopic (exact) mass is 381 g/mol. The van der Waals surface area contributed by atoms with Crippen molar-refractivity contribution >= 4 is 22.4 Å². The number of nitrogens with zero attached hydrogens (tertiary/aromatic N) is 4. The predicted molar refractivity (Wildman–Crippen MR) is 115 cm³/mol. The average Bonchev–Trinajstić information content (AvgIpc) is 3.17. The third kappa shape index (κ3) is 2.95. The van der Waals surface area contributed by atoms with E-state index in [2.05, 4.69) is 17.1 Å². The molecule has 0 aliphatic rings. The van der Waals surface area contributed by atoms with E-state index in [-0.39, 0.29) is 5.56 Å². The molecule has 5 aromatic rings. The number of nitrogen functional groups attached to an aromatic ring is 1. The number of hydrogen-bond donors (Lipinski definition) is 1. The van der Waals surface area contributed by atoms with E-state index in [0.717, 1.165) is 28.0 Å². The number of aryl methyl sites for hydroxylation is 1. The van der Waals surface area contributed by atoms with Gasteiger partial charge in [-0.3, -0.25) is 9.36 Å². The van der Waals surface area contributed by atoms with Gasteiger partial charge in [-0.2, -0.15) is 5.10 Å². The van der Waals surface area contributed by atoms with Crippen molar-refractivity contribution < 1.29 is 0 Å². The molecule has 0 radical (unpaired) electrons. The zero-order valence-corrected chi connectivity index (χ0v) is 15.9. The van der Waals surface area contributed by atoms with Crippen molar-refractivity contribution in [2.45, 2.75) is 6.42 Å². The number of pyridine rings is 1. The SMILES string of the molecule is Cn1c(=O)c2ccc(-c3ccc(N)nc3)cc2n2nc(Cc3ccccc3)cc12. The minimum atomic E-state index is -0.0411. The molecule has 6 nitrogen and oxygen atoms in total. The van der Waals surface area contributed by atoms with Crippen LogP contribution in [-0.2, 0) is 13.5 Å². The first-order chi connectivity index (χ1) is 14.1. The fourth-order valence-corrected chi connectivity index (χ4v) is 3.65. The van der Waals surface area contributed by atoms with Crippen LogP contribution in [0.25, 0.3) is 27.7 Å². The highest BCUT2D eigenvalue weighted by molar-refractivity contribution is 5.85. The lowest BCUT2D eigenvalue weighted by atomic mass is 10.1. The molecule has 3 aromatic heterocycles. The number of aromatic nitrogens is 4. The molecule has 5 rings (SSSR count). The summed E-state index contributed by atoms with van der Waals surface area (Å²) in [6.07, 6.45) is 2.44. The Morgan fingerprint density at radius 1 is 0.966 bits per heavy atom. The summed E-state index contributed by atoms with van der Waals surface area (Å²) in [7, 11) is 1.78. The first kappa shape index (κ1) is 17.2. The first-order valence-electron chi connectivity index (χ1n) is 9.37. The van der Waals surface area contributed by atoms with E-state index in [1.165, 1.54) is 5.56 Å². The number of nitrogens with two attached hydrogens (primary N) is 1. The third-order valence-electron chi connectivity index (χ3n) is 5.19. The van der Waals surface area contributed by atoms with E-state index < -0.39 is 0 Å². The number of benzene rings is 2. The summed E-state index contributed by atoms with van der Waals surface area (Å²) in [5.74, 6) is 0.475. The number of rotatable bonds is 3. The quantitative estimate of drug-likeness (QED) is 0.519. The fourth-order valence-electron chi connectivity index (χ4n) is 3.65. The van der Waals surface area contributed by atoms with Gasteiger partial charge >= 0.3 is 0 Å². The predicted octanol–water partition coefficient (Wildman–Crippen LogP) is 3.42. The van der Waals surface area contributed by atoms with Crippen molar-refractivity contribution in [2.75, 3.05) is 5.73 Å². The van der Waals surface area contributed by atoms with Crippen LogP contribution in [0.2, 0.25) is 0 Å². The van der Waals surface area contributed by atoms with Gasteiger partial charge in [0.2, 0.25) is 0 Å². The summed E-state index contributed by atoms with van der Waals surface area (Å²) >= 11 is 0. The zero-order chi connectivity index (χ0) is 20.0. The topological polar surface area (TPSA) is 78.2 Å². The van der Waals surface area contributed by atoms with Crippen LogP contribution in [0.4, 0.5) is 5.82 Å². The molecule has 142 valence electrons. The second-order valence-corrected chi connectivity index (χ2v) is 7.14. The molecule has 29 heavy (non-hydrogen) atoms. The van der Waals surface area contributed by atoms with E-state index in [0.29, 0.717) is 17.6 Å². The second kappa shape index (κ2) is 6.60. The van der Waals surface area contributed by atoms with Gasteiger partial charge in [-0.05, 0) is 35.4 Å². The van der Waals surface area contributed by atoms with Crippen LogP contribution >= 0.6 is 0 Å². The average molecular weight is 381 g/mol. The van der Waals surface area contributed by atoms with Crippen molar-refractivity contribution in [3.63, 3.8) is 0 Å². The molecular formula is C23H19N5O. The molecule has 0 fully saturated rings. The highest BCUT2D eigenvalue weighted by Crippen LogP contribution is 2.24. The molecule has 0 spiro atoms. The summed E-state index contributed by atoms with van der Waals surface area (Å²) in [5, 5.41) is 5.43. The molecule has 0 aliphatic heterocycles. The Bertz CT molecular complexity index is 1400. The van der Waals surface area contributed by atoms with Gasteiger partial charge in [0.05, 0.1) is 16.6 Å².